The number of aliphatic hydroxyl groups excluding tert-OH is 1. The molecule has 0 aromatic carbocycles. The number of rotatable bonds is 2. The molecule has 0 spiro atoms. The van der Waals surface area contributed by atoms with Crippen molar-refractivity contribution >= 4 is 33.9 Å². The Hall–Kier alpha value is -0.140. The van der Waals surface area contributed by atoms with Crippen molar-refractivity contribution < 1.29 is 9.84 Å². The first-order valence-corrected chi connectivity index (χ1v) is 5.77. The van der Waals surface area contributed by atoms with Gasteiger partial charge in [-0.1, -0.05) is 0 Å². The van der Waals surface area contributed by atoms with E-state index in [0.717, 1.165) is 19.9 Å². The van der Waals surface area contributed by atoms with Crippen LogP contribution in [0.4, 0.5) is 0 Å². The Morgan fingerprint density at radius 1 is 1.69 bits per heavy atom. The van der Waals surface area contributed by atoms with Crippen LogP contribution in [0.5, 0.6) is 0 Å². The molecule has 0 aliphatic carbocycles. The zero-order chi connectivity index (χ0) is 9.26. The Morgan fingerprint density at radius 3 is 3.08 bits per heavy atom. The SMILES string of the molecule is OC(C1=COCC1)c1ncc(I)s1. The van der Waals surface area contributed by atoms with Crippen LogP contribution < -0.4 is 0 Å². The van der Waals surface area contributed by atoms with Crippen LogP contribution in [0, 0.1) is 2.88 Å². The van der Waals surface area contributed by atoms with Crippen molar-refractivity contribution in [2.45, 2.75) is 12.5 Å². The maximum absolute atomic E-state index is 9.83. The monoisotopic (exact) mass is 309 g/mol. The standard InChI is InChI=1S/C8H8INO2S/c9-6-3-10-8(13-6)7(11)5-1-2-12-4-5/h3-4,7,11H,1-2H2. The molecule has 2 rings (SSSR count). The lowest BCUT2D eigenvalue weighted by molar-refractivity contribution is 0.212. The Morgan fingerprint density at radius 2 is 2.54 bits per heavy atom. The van der Waals surface area contributed by atoms with Crippen molar-refractivity contribution in [3.63, 3.8) is 0 Å². The molecule has 0 amide bonds. The van der Waals surface area contributed by atoms with Gasteiger partial charge < -0.3 is 9.84 Å². The molecule has 1 unspecified atom stereocenters. The Balaban J connectivity index is 2.16. The van der Waals surface area contributed by atoms with Crippen LogP contribution in [0.25, 0.3) is 0 Å². The Kier molecular flexibility index (Phi) is 2.85. The quantitative estimate of drug-likeness (QED) is 0.851. The summed E-state index contributed by atoms with van der Waals surface area (Å²) in [4.78, 5) is 4.12. The third-order valence-corrected chi connectivity index (χ3v) is 3.60. The summed E-state index contributed by atoms with van der Waals surface area (Å²) in [6.07, 6.45) is 3.63. The zero-order valence-electron chi connectivity index (χ0n) is 6.74. The normalized spacial score (nSPS) is 18.2. The predicted octanol–water partition coefficient (Wildman–Crippen LogP) is 2.09. The summed E-state index contributed by atoms with van der Waals surface area (Å²) in [5, 5.41) is 10.6. The summed E-state index contributed by atoms with van der Waals surface area (Å²) < 4.78 is 6.15. The van der Waals surface area contributed by atoms with Crippen molar-refractivity contribution in [2.75, 3.05) is 6.61 Å². The molecule has 13 heavy (non-hydrogen) atoms. The van der Waals surface area contributed by atoms with E-state index in [1.807, 2.05) is 0 Å². The lowest BCUT2D eigenvalue weighted by Gasteiger charge is -2.05. The maximum atomic E-state index is 9.83. The van der Waals surface area contributed by atoms with Gasteiger partial charge in [0.25, 0.3) is 0 Å². The van der Waals surface area contributed by atoms with Gasteiger partial charge in [-0.2, -0.15) is 0 Å². The van der Waals surface area contributed by atoms with E-state index >= 15 is 0 Å². The summed E-state index contributed by atoms with van der Waals surface area (Å²) >= 11 is 3.70. The summed E-state index contributed by atoms with van der Waals surface area (Å²) in [7, 11) is 0. The van der Waals surface area contributed by atoms with Gasteiger partial charge in [0, 0.05) is 12.0 Å². The second kappa shape index (κ2) is 3.93. The molecule has 0 saturated carbocycles. The fraction of sp³-hybridized carbons (Fsp3) is 0.375. The van der Waals surface area contributed by atoms with E-state index in [2.05, 4.69) is 27.6 Å². The molecule has 0 saturated heterocycles. The van der Waals surface area contributed by atoms with Crippen molar-refractivity contribution in [3.05, 3.63) is 25.9 Å². The minimum atomic E-state index is -0.573. The molecule has 1 aromatic heterocycles. The first-order valence-electron chi connectivity index (χ1n) is 3.87. The van der Waals surface area contributed by atoms with Gasteiger partial charge >= 0.3 is 0 Å². The van der Waals surface area contributed by atoms with Crippen LogP contribution in [0.3, 0.4) is 0 Å². The minimum Gasteiger partial charge on any atom is -0.501 e. The van der Waals surface area contributed by atoms with Crippen molar-refractivity contribution in [1.29, 1.82) is 0 Å². The van der Waals surface area contributed by atoms with E-state index in [4.69, 9.17) is 4.74 Å². The van der Waals surface area contributed by atoms with Crippen LogP contribution in [0.15, 0.2) is 18.0 Å². The Bertz CT molecular complexity index is 337. The van der Waals surface area contributed by atoms with Gasteiger partial charge in [0.2, 0.25) is 0 Å². The van der Waals surface area contributed by atoms with Crippen molar-refractivity contribution in [2.24, 2.45) is 0 Å². The van der Waals surface area contributed by atoms with Crippen LogP contribution in [-0.2, 0) is 4.74 Å². The first kappa shape index (κ1) is 9.42. The van der Waals surface area contributed by atoms with Gasteiger partial charge in [0.1, 0.15) is 11.1 Å². The molecule has 70 valence electrons. The minimum absolute atomic E-state index is 0.573. The average molecular weight is 309 g/mol. The number of hydrogen-bond donors (Lipinski definition) is 1. The third-order valence-electron chi connectivity index (χ3n) is 1.82. The highest BCUT2D eigenvalue weighted by molar-refractivity contribution is 14.1. The topological polar surface area (TPSA) is 42.4 Å². The summed E-state index contributed by atoms with van der Waals surface area (Å²) in [5.74, 6) is 0. The van der Waals surface area contributed by atoms with E-state index in [9.17, 15) is 5.11 Å². The molecule has 3 nitrogen and oxygen atoms in total. The van der Waals surface area contributed by atoms with Gasteiger partial charge in [-0.05, 0) is 22.6 Å². The predicted molar refractivity (Wildman–Crippen MR) is 58.4 cm³/mol. The lowest BCUT2D eigenvalue weighted by Crippen LogP contribution is -1.99. The van der Waals surface area contributed by atoms with Crippen molar-refractivity contribution in [1.82, 2.24) is 4.98 Å². The molecule has 5 heteroatoms. The van der Waals surface area contributed by atoms with Crippen LogP contribution in [0.2, 0.25) is 0 Å². The largest absolute Gasteiger partial charge is 0.501 e. The fourth-order valence-electron chi connectivity index (χ4n) is 1.15. The maximum Gasteiger partial charge on any atom is 0.130 e. The molecule has 0 fully saturated rings. The third kappa shape index (κ3) is 2.03. The van der Waals surface area contributed by atoms with Crippen molar-refractivity contribution in [3.8, 4) is 0 Å². The molecule has 0 bridgehead atoms. The number of ether oxygens (including phenoxy) is 1. The second-order valence-electron chi connectivity index (χ2n) is 2.72. The first-order chi connectivity index (χ1) is 6.27. The van der Waals surface area contributed by atoms with Gasteiger partial charge in [-0.3, -0.25) is 0 Å². The molecule has 1 aliphatic heterocycles. The summed E-state index contributed by atoms with van der Waals surface area (Å²) in [6.45, 7) is 0.675. The van der Waals surface area contributed by atoms with E-state index in [1.54, 1.807) is 12.5 Å². The number of aromatic nitrogens is 1. The van der Waals surface area contributed by atoms with Gasteiger partial charge in [-0.25, -0.2) is 4.98 Å². The van der Waals surface area contributed by atoms with Crippen LogP contribution in [0.1, 0.15) is 17.5 Å². The molecule has 2 heterocycles. The number of halogens is 1. The van der Waals surface area contributed by atoms with Gasteiger partial charge in [-0.15, -0.1) is 11.3 Å². The molecular weight excluding hydrogens is 301 g/mol. The summed E-state index contributed by atoms with van der Waals surface area (Å²) in [6, 6.07) is 0. The van der Waals surface area contributed by atoms with Gasteiger partial charge in [0.15, 0.2) is 0 Å². The molecule has 1 atom stereocenters. The molecule has 1 aliphatic rings. The molecular formula is C8H8INO2S. The highest BCUT2D eigenvalue weighted by atomic mass is 127. The lowest BCUT2D eigenvalue weighted by atomic mass is 10.1. The number of hydrogen-bond acceptors (Lipinski definition) is 4. The molecule has 1 N–H and O–H groups in total. The zero-order valence-corrected chi connectivity index (χ0v) is 9.71. The van der Waals surface area contributed by atoms with E-state index in [-0.39, 0.29) is 0 Å². The smallest absolute Gasteiger partial charge is 0.130 e. The number of nitrogens with zero attached hydrogens (tertiary/aromatic N) is 1. The number of aliphatic hydroxyl groups is 1. The number of thiazole rings is 1. The average Bonchev–Trinajstić information content (AvgIpc) is 2.72. The molecule has 1 aromatic rings. The fourth-order valence-corrected chi connectivity index (χ4v) is 2.64. The van der Waals surface area contributed by atoms with Crippen LogP contribution >= 0.6 is 33.9 Å². The van der Waals surface area contributed by atoms with E-state index < -0.39 is 6.10 Å². The summed E-state index contributed by atoms with van der Waals surface area (Å²) in [5.41, 5.74) is 0.922. The Labute approximate surface area is 93.6 Å². The van der Waals surface area contributed by atoms with Gasteiger partial charge in [0.05, 0.1) is 21.9 Å². The second-order valence-corrected chi connectivity index (χ2v) is 5.68. The van der Waals surface area contributed by atoms with E-state index in [1.165, 1.54) is 11.3 Å². The van der Waals surface area contributed by atoms with Crippen LogP contribution in [-0.4, -0.2) is 16.7 Å². The highest BCUT2D eigenvalue weighted by Crippen LogP contribution is 2.30. The highest BCUT2D eigenvalue weighted by Gasteiger charge is 2.19. The van der Waals surface area contributed by atoms with E-state index in [0.29, 0.717) is 6.61 Å². The molecule has 0 radical (unpaired) electrons.